The van der Waals surface area contributed by atoms with Gasteiger partial charge in [0.25, 0.3) is 0 Å². The lowest BCUT2D eigenvalue weighted by molar-refractivity contribution is -0.131. The zero-order chi connectivity index (χ0) is 19.8. The number of rotatable bonds is 4. The fourth-order valence-electron chi connectivity index (χ4n) is 2.56. The number of aromatic nitrogens is 1. The van der Waals surface area contributed by atoms with Crippen molar-refractivity contribution in [3.8, 4) is 11.5 Å². The minimum atomic E-state index is -0.967. The minimum absolute atomic E-state index is 0.0977. The number of hydrogen-bond donors (Lipinski definition) is 2. The molecule has 2 aromatic carbocycles. The lowest BCUT2D eigenvalue weighted by Gasteiger charge is -2.05. The number of aromatic amines is 1. The number of methoxy groups -OCH3 is 2. The molecule has 3 rings (SSSR count). The van der Waals surface area contributed by atoms with Crippen molar-refractivity contribution in [3.63, 3.8) is 0 Å². The molecule has 0 aliphatic rings. The number of nitrogens with one attached hydrogen (secondary N) is 1. The third kappa shape index (κ3) is 5.22. The summed E-state index contributed by atoms with van der Waals surface area (Å²) in [5.41, 5.74) is 2.38. The maximum atomic E-state index is 11.3. The second-order valence-electron chi connectivity index (χ2n) is 5.61. The molecule has 0 radical (unpaired) electrons. The van der Waals surface area contributed by atoms with Crippen molar-refractivity contribution in [2.24, 2.45) is 0 Å². The Labute approximate surface area is 156 Å². The summed E-state index contributed by atoms with van der Waals surface area (Å²) in [4.78, 5) is 24.3. The van der Waals surface area contributed by atoms with E-state index in [4.69, 9.17) is 14.6 Å². The molecule has 0 saturated heterocycles. The van der Waals surface area contributed by atoms with Crippen LogP contribution < -0.4 is 15.0 Å². The summed E-state index contributed by atoms with van der Waals surface area (Å²) in [5, 5.41) is 9.43. The quantitative estimate of drug-likeness (QED) is 0.687. The maximum Gasteiger partial charge on any atom is 0.328 e. The number of benzene rings is 2. The van der Waals surface area contributed by atoms with E-state index < -0.39 is 5.97 Å². The third-order valence-corrected chi connectivity index (χ3v) is 3.81. The molecule has 0 bridgehead atoms. The van der Waals surface area contributed by atoms with Crippen molar-refractivity contribution in [1.82, 2.24) is 4.98 Å². The Hall–Kier alpha value is -3.54. The smallest absolute Gasteiger partial charge is 0.328 e. The van der Waals surface area contributed by atoms with Crippen LogP contribution in [0.25, 0.3) is 17.0 Å². The number of carboxylic acids is 1. The molecule has 0 aliphatic carbocycles. The number of hydrogen-bond acceptors (Lipinski definition) is 4. The first-order valence-corrected chi connectivity index (χ1v) is 8.17. The number of ether oxygens (including phenoxy) is 2. The summed E-state index contributed by atoms with van der Waals surface area (Å²) in [5.74, 6) is 0.397. The molecule has 0 saturated carbocycles. The molecular weight excluding hydrogens is 346 g/mol. The minimum Gasteiger partial charge on any atom is -0.496 e. The first-order chi connectivity index (χ1) is 13.0. The van der Waals surface area contributed by atoms with Crippen LogP contribution in [0.1, 0.15) is 11.1 Å². The second-order valence-corrected chi connectivity index (χ2v) is 5.61. The van der Waals surface area contributed by atoms with Crippen LogP contribution in [0.5, 0.6) is 11.5 Å². The van der Waals surface area contributed by atoms with Gasteiger partial charge in [-0.05, 0) is 30.7 Å². The van der Waals surface area contributed by atoms with Crippen LogP contribution in [-0.2, 0) is 4.79 Å². The highest BCUT2D eigenvalue weighted by atomic mass is 16.5. The van der Waals surface area contributed by atoms with Crippen LogP contribution in [0, 0.1) is 6.92 Å². The van der Waals surface area contributed by atoms with E-state index in [0.717, 1.165) is 28.1 Å². The van der Waals surface area contributed by atoms with Gasteiger partial charge in [0.1, 0.15) is 11.5 Å². The number of aryl methyl sites for hydroxylation is 1. The molecule has 27 heavy (non-hydrogen) atoms. The number of pyridine rings is 1. The Kier molecular flexibility index (Phi) is 6.77. The fraction of sp³-hybridized carbons (Fsp3) is 0.143. The van der Waals surface area contributed by atoms with Crippen molar-refractivity contribution in [2.45, 2.75) is 6.92 Å². The predicted octanol–water partition coefficient (Wildman–Crippen LogP) is 3.64. The number of aliphatic carboxylic acids is 1. The highest BCUT2D eigenvalue weighted by Gasteiger charge is 2.03. The topological polar surface area (TPSA) is 88.6 Å². The standard InChI is InChI=1S/C11H11NO2.C10H10O3/c1-7-6-10(13)12-11-8(7)4-3-5-9(11)14-2;1-13-9-5-3-2-4-8(9)6-7-10(11)12/h3-6H,1-2H3,(H,12,13);2-7H,1H3,(H,11,12). The SMILES string of the molecule is COc1cccc2c(C)cc(=O)[nH]c12.COc1ccccc1C=CC(=O)O. The zero-order valence-corrected chi connectivity index (χ0v) is 15.4. The molecule has 2 N–H and O–H groups in total. The van der Waals surface area contributed by atoms with Gasteiger partial charge in [-0.2, -0.15) is 0 Å². The van der Waals surface area contributed by atoms with E-state index in [1.54, 1.807) is 32.4 Å². The van der Waals surface area contributed by atoms with Gasteiger partial charge in [-0.25, -0.2) is 4.79 Å². The number of para-hydroxylation sites is 2. The van der Waals surface area contributed by atoms with Gasteiger partial charge in [0, 0.05) is 23.1 Å². The molecule has 0 amide bonds. The first kappa shape index (κ1) is 19.8. The van der Waals surface area contributed by atoms with Gasteiger partial charge in [-0.3, -0.25) is 4.79 Å². The normalized spacial score (nSPS) is 10.3. The monoisotopic (exact) mass is 367 g/mol. The van der Waals surface area contributed by atoms with Gasteiger partial charge in [0.05, 0.1) is 19.7 Å². The Morgan fingerprint density at radius 3 is 2.37 bits per heavy atom. The van der Waals surface area contributed by atoms with Crippen molar-refractivity contribution in [3.05, 3.63) is 76.1 Å². The van der Waals surface area contributed by atoms with Crippen molar-refractivity contribution >= 4 is 22.9 Å². The van der Waals surface area contributed by atoms with Crippen LogP contribution in [0.2, 0.25) is 0 Å². The average molecular weight is 367 g/mol. The molecule has 0 atom stereocenters. The molecule has 0 spiro atoms. The van der Waals surface area contributed by atoms with E-state index in [0.29, 0.717) is 11.5 Å². The Balaban J connectivity index is 0.000000194. The molecule has 140 valence electrons. The summed E-state index contributed by atoms with van der Waals surface area (Å²) in [7, 11) is 3.14. The number of H-pyrrole nitrogens is 1. The first-order valence-electron chi connectivity index (χ1n) is 8.17. The summed E-state index contributed by atoms with van der Waals surface area (Å²) in [6.07, 6.45) is 2.58. The van der Waals surface area contributed by atoms with Gasteiger partial charge < -0.3 is 19.6 Å². The van der Waals surface area contributed by atoms with Crippen molar-refractivity contribution < 1.29 is 19.4 Å². The summed E-state index contributed by atoms with van der Waals surface area (Å²) in [6, 6.07) is 14.5. The number of carboxylic acid groups (broad SMARTS) is 1. The highest BCUT2D eigenvalue weighted by Crippen LogP contribution is 2.23. The Morgan fingerprint density at radius 2 is 1.70 bits per heavy atom. The van der Waals surface area contributed by atoms with Gasteiger partial charge in [-0.1, -0.05) is 30.3 Å². The highest BCUT2D eigenvalue weighted by molar-refractivity contribution is 5.87. The van der Waals surface area contributed by atoms with E-state index in [9.17, 15) is 9.59 Å². The molecule has 1 heterocycles. The van der Waals surface area contributed by atoms with Crippen LogP contribution in [0.15, 0.2) is 59.4 Å². The summed E-state index contributed by atoms with van der Waals surface area (Å²) < 4.78 is 10.2. The van der Waals surface area contributed by atoms with Crippen molar-refractivity contribution in [2.75, 3.05) is 14.2 Å². The molecule has 6 nitrogen and oxygen atoms in total. The average Bonchev–Trinajstić information content (AvgIpc) is 2.66. The molecule has 1 aromatic heterocycles. The van der Waals surface area contributed by atoms with Crippen LogP contribution >= 0.6 is 0 Å². The van der Waals surface area contributed by atoms with Crippen LogP contribution in [0.3, 0.4) is 0 Å². The second kappa shape index (κ2) is 9.24. The van der Waals surface area contributed by atoms with Crippen LogP contribution in [0.4, 0.5) is 0 Å². The molecule has 6 heteroatoms. The van der Waals surface area contributed by atoms with Crippen molar-refractivity contribution in [1.29, 1.82) is 0 Å². The van der Waals surface area contributed by atoms with E-state index in [-0.39, 0.29) is 5.56 Å². The van der Waals surface area contributed by atoms with E-state index >= 15 is 0 Å². The lowest BCUT2D eigenvalue weighted by Crippen LogP contribution is -2.05. The maximum absolute atomic E-state index is 11.3. The van der Waals surface area contributed by atoms with Gasteiger partial charge in [0.15, 0.2) is 0 Å². The Bertz CT molecular complexity index is 1020. The van der Waals surface area contributed by atoms with Crippen LogP contribution in [-0.4, -0.2) is 30.3 Å². The van der Waals surface area contributed by atoms with E-state index in [1.807, 2.05) is 37.3 Å². The molecule has 0 fully saturated rings. The van der Waals surface area contributed by atoms with E-state index in [1.165, 1.54) is 6.08 Å². The van der Waals surface area contributed by atoms with E-state index in [2.05, 4.69) is 4.98 Å². The van der Waals surface area contributed by atoms with Gasteiger partial charge in [-0.15, -0.1) is 0 Å². The summed E-state index contributed by atoms with van der Waals surface area (Å²) >= 11 is 0. The third-order valence-electron chi connectivity index (χ3n) is 3.81. The predicted molar refractivity (Wildman–Crippen MR) is 106 cm³/mol. The Morgan fingerprint density at radius 1 is 1.04 bits per heavy atom. The lowest BCUT2D eigenvalue weighted by atomic mass is 10.1. The fourth-order valence-corrected chi connectivity index (χ4v) is 2.56. The molecule has 0 unspecified atom stereocenters. The van der Waals surface area contributed by atoms with Gasteiger partial charge >= 0.3 is 5.97 Å². The molecule has 0 aliphatic heterocycles. The summed E-state index contributed by atoms with van der Waals surface area (Å²) in [6.45, 7) is 1.91. The number of carbonyl (C=O) groups is 1. The largest absolute Gasteiger partial charge is 0.496 e. The molecule has 3 aromatic rings. The molecular formula is C21H21NO5. The van der Waals surface area contributed by atoms with Gasteiger partial charge in [0.2, 0.25) is 5.56 Å². The zero-order valence-electron chi connectivity index (χ0n) is 15.4. The number of fused-ring (bicyclic) bond motifs is 1.